The van der Waals surface area contributed by atoms with E-state index in [0.717, 1.165) is 0 Å². The van der Waals surface area contributed by atoms with Gasteiger partial charge in [-0.1, -0.05) is 6.92 Å². The van der Waals surface area contributed by atoms with Gasteiger partial charge in [-0.25, -0.2) is 8.42 Å². The highest BCUT2D eigenvalue weighted by Gasteiger charge is 2.19. The molecule has 0 aromatic carbocycles. The summed E-state index contributed by atoms with van der Waals surface area (Å²) >= 11 is 0. The van der Waals surface area contributed by atoms with Crippen molar-refractivity contribution < 1.29 is 17.9 Å². The van der Waals surface area contributed by atoms with Gasteiger partial charge >= 0.3 is 5.97 Å². The van der Waals surface area contributed by atoms with Crippen molar-refractivity contribution in [1.29, 1.82) is 0 Å². The van der Waals surface area contributed by atoms with Gasteiger partial charge in [0.25, 0.3) is 0 Å². The quantitative estimate of drug-likeness (QED) is 0.661. The normalized spacial score (nSPS) is 15.5. The van der Waals surface area contributed by atoms with Gasteiger partial charge in [-0.2, -0.15) is 0 Å². The lowest BCUT2D eigenvalue weighted by molar-refractivity contribution is -0.145. The van der Waals surface area contributed by atoms with Crippen LogP contribution in [-0.2, 0) is 19.4 Å². The van der Waals surface area contributed by atoms with Gasteiger partial charge in [0.05, 0.1) is 12.4 Å². The van der Waals surface area contributed by atoms with E-state index in [9.17, 15) is 13.2 Å². The van der Waals surface area contributed by atoms with Crippen molar-refractivity contribution in [1.82, 2.24) is 5.32 Å². The molecule has 96 valence electrons. The number of ether oxygens (including phenoxy) is 1. The molecular formula is C10H21NO4S. The predicted octanol–water partition coefficient (Wildman–Crippen LogP) is 0.351. The lowest BCUT2D eigenvalue weighted by Crippen LogP contribution is -2.44. The lowest BCUT2D eigenvalue weighted by atomic mass is 10.3. The third-order valence-corrected chi connectivity index (χ3v) is 4.01. The van der Waals surface area contributed by atoms with Crippen LogP contribution >= 0.6 is 0 Å². The minimum atomic E-state index is -3.02. The van der Waals surface area contributed by atoms with Crippen molar-refractivity contribution in [3.05, 3.63) is 0 Å². The lowest BCUT2D eigenvalue weighted by Gasteiger charge is -2.18. The molecule has 0 bridgehead atoms. The van der Waals surface area contributed by atoms with Gasteiger partial charge in [-0.05, 0) is 20.8 Å². The van der Waals surface area contributed by atoms with Crippen molar-refractivity contribution in [2.45, 2.75) is 39.8 Å². The Bertz CT molecular complexity index is 313. The van der Waals surface area contributed by atoms with Crippen LogP contribution in [0.4, 0.5) is 0 Å². The fraction of sp³-hybridized carbons (Fsp3) is 0.900. The van der Waals surface area contributed by atoms with Crippen molar-refractivity contribution in [2.75, 3.05) is 18.1 Å². The standard InChI is InChI=1S/C10H21NO4S/c1-5-15-10(12)9(4)11-8(3)7-16(13,14)6-2/h8-9,11H,5-7H2,1-4H3. The van der Waals surface area contributed by atoms with E-state index in [4.69, 9.17) is 4.74 Å². The number of rotatable bonds is 7. The van der Waals surface area contributed by atoms with Crippen LogP contribution in [0.3, 0.4) is 0 Å². The van der Waals surface area contributed by atoms with Gasteiger partial charge in [0.1, 0.15) is 6.04 Å². The first-order chi connectivity index (χ1) is 7.32. The highest BCUT2D eigenvalue weighted by atomic mass is 32.2. The Morgan fingerprint density at radius 2 is 1.88 bits per heavy atom. The van der Waals surface area contributed by atoms with Crippen LogP contribution in [0.5, 0.6) is 0 Å². The molecule has 0 rings (SSSR count). The van der Waals surface area contributed by atoms with Gasteiger partial charge < -0.3 is 10.1 Å². The van der Waals surface area contributed by atoms with E-state index in [-0.39, 0.29) is 23.5 Å². The number of carbonyl (C=O) groups is 1. The van der Waals surface area contributed by atoms with E-state index in [1.54, 1.807) is 27.7 Å². The van der Waals surface area contributed by atoms with Gasteiger partial charge in [0, 0.05) is 11.8 Å². The largest absolute Gasteiger partial charge is 0.465 e. The zero-order chi connectivity index (χ0) is 12.8. The van der Waals surface area contributed by atoms with Gasteiger partial charge in [0.15, 0.2) is 9.84 Å². The Balaban J connectivity index is 4.15. The molecule has 2 atom stereocenters. The zero-order valence-electron chi connectivity index (χ0n) is 10.3. The molecule has 0 heterocycles. The average Bonchev–Trinajstić information content (AvgIpc) is 2.17. The highest BCUT2D eigenvalue weighted by molar-refractivity contribution is 7.91. The highest BCUT2D eigenvalue weighted by Crippen LogP contribution is 1.97. The maximum atomic E-state index is 11.3. The Morgan fingerprint density at radius 3 is 2.31 bits per heavy atom. The Morgan fingerprint density at radius 1 is 1.31 bits per heavy atom. The zero-order valence-corrected chi connectivity index (χ0v) is 11.1. The molecule has 0 aromatic rings. The summed E-state index contributed by atoms with van der Waals surface area (Å²) in [6.07, 6.45) is 0. The van der Waals surface area contributed by atoms with E-state index in [1.165, 1.54) is 0 Å². The van der Waals surface area contributed by atoms with Crippen LogP contribution in [0.1, 0.15) is 27.7 Å². The molecule has 0 aromatic heterocycles. The van der Waals surface area contributed by atoms with Crippen LogP contribution in [0, 0.1) is 0 Å². The monoisotopic (exact) mass is 251 g/mol. The summed E-state index contributed by atoms with van der Waals surface area (Å²) < 4.78 is 27.5. The first kappa shape index (κ1) is 15.4. The summed E-state index contributed by atoms with van der Waals surface area (Å²) in [6, 6.07) is -0.744. The second-order valence-corrected chi connectivity index (χ2v) is 6.14. The van der Waals surface area contributed by atoms with E-state index >= 15 is 0 Å². The molecule has 2 unspecified atom stereocenters. The average molecular weight is 251 g/mol. The number of hydrogen-bond donors (Lipinski definition) is 1. The summed E-state index contributed by atoms with van der Waals surface area (Å²) in [7, 11) is -3.02. The first-order valence-electron chi connectivity index (χ1n) is 5.45. The molecule has 0 spiro atoms. The molecule has 1 N–H and O–H groups in total. The Hall–Kier alpha value is -0.620. The van der Waals surface area contributed by atoms with E-state index in [2.05, 4.69) is 5.32 Å². The second kappa shape index (κ2) is 6.85. The third kappa shape index (κ3) is 6.07. The SMILES string of the molecule is CCOC(=O)C(C)NC(C)CS(=O)(=O)CC. The number of carbonyl (C=O) groups excluding carboxylic acids is 1. The Kier molecular flexibility index (Phi) is 6.59. The van der Waals surface area contributed by atoms with E-state index in [1.807, 2.05) is 0 Å². The molecule has 0 fully saturated rings. The number of nitrogens with one attached hydrogen (secondary N) is 1. The summed E-state index contributed by atoms with van der Waals surface area (Å²) in [5, 5.41) is 2.90. The van der Waals surface area contributed by atoms with Crippen LogP contribution in [-0.4, -0.2) is 44.6 Å². The molecule has 5 nitrogen and oxygen atoms in total. The van der Waals surface area contributed by atoms with E-state index < -0.39 is 15.9 Å². The molecule has 0 aliphatic heterocycles. The molecular weight excluding hydrogens is 230 g/mol. The first-order valence-corrected chi connectivity index (χ1v) is 7.27. The van der Waals surface area contributed by atoms with Crippen LogP contribution in [0.2, 0.25) is 0 Å². The van der Waals surface area contributed by atoms with Crippen LogP contribution in [0.15, 0.2) is 0 Å². The number of esters is 1. The molecule has 0 radical (unpaired) electrons. The molecule has 0 saturated carbocycles. The third-order valence-electron chi connectivity index (χ3n) is 2.12. The number of sulfone groups is 1. The fourth-order valence-corrected chi connectivity index (χ4v) is 2.40. The Labute approximate surface area is 97.5 Å². The van der Waals surface area contributed by atoms with Crippen molar-refractivity contribution in [3.8, 4) is 0 Å². The summed E-state index contributed by atoms with van der Waals surface area (Å²) in [6.45, 7) is 7.06. The molecule has 16 heavy (non-hydrogen) atoms. The molecule has 0 amide bonds. The predicted molar refractivity (Wildman–Crippen MR) is 63.0 cm³/mol. The molecule has 6 heteroatoms. The van der Waals surface area contributed by atoms with Gasteiger partial charge in [-0.15, -0.1) is 0 Å². The van der Waals surface area contributed by atoms with Crippen molar-refractivity contribution >= 4 is 15.8 Å². The smallest absolute Gasteiger partial charge is 0.322 e. The number of hydrogen-bond acceptors (Lipinski definition) is 5. The maximum absolute atomic E-state index is 11.3. The van der Waals surface area contributed by atoms with Crippen LogP contribution in [0.25, 0.3) is 0 Å². The summed E-state index contributed by atoms with van der Waals surface area (Å²) in [5.41, 5.74) is 0. The summed E-state index contributed by atoms with van der Waals surface area (Å²) in [4.78, 5) is 11.3. The molecule has 0 aliphatic rings. The fourth-order valence-electron chi connectivity index (χ4n) is 1.31. The minimum absolute atomic E-state index is 0.0350. The summed E-state index contributed by atoms with van der Waals surface area (Å²) in [5.74, 6) is -0.205. The van der Waals surface area contributed by atoms with E-state index in [0.29, 0.717) is 6.61 Å². The van der Waals surface area contributed by atoms with Gasteiger partial charge in [-0.3, -0.25) is 4.79 Å². The molecule has 0 saturated heterocycles. The maximum Gasteiger partial charge on any atom is 0.322 e. The van der Waals surface area contributed by atoms with Crippen molar-refractivity contribution in [2.24, 2.45) is 0 Å². The molecule has 0 aliphatic carbocycles. The topological polar surface area (TPSA) is 72.5 Å². The second-order valence-electron chi connectivity index (χ2n) is 3.74. The van der Waals surface area contributed by atoms with Gasteiger partial charge in [0.2, 0.25) is 0 Å². The van der Waals surface area contributed by atoms with Crippen molar-refractivity contribution in [3.63, 3.8) is 0 Å². The van der Waals surface area contributed by atoms with Crippen LogP contribution < -0.4 is 5.32 Å². The minimum Gasteiger partial charge on any atom is -0.465 e.